The molecule has 0 atom stereocenters. The lowest BCUT2D eigenvalue weighted by Gasteiger charge is -2.13. The number of benzene rings is 1. The molecule has 124 valence electrons. The standard InChI is InChI=1S/C14H16ClN3O5/c1-22-10-6-9(11(23-2)5-8(10)15)16-12(19)4-3-7-13(20)17-18-14(7)21/h5-7H,3-4H2,1-2H3,(H,16,19)(H,17,20)(H,18,21). The number of methoxy groups -OCH3 is 2. The molecule has 0 aromatic heterocycles. The minimum Gasteiger partial charge on any atom is -0.495 e. The fourth-order valence-electron chi connectivity index (χ4n) is 2.12. The highest BCUT2D eigenvalue weighted by atomic mass is 35.5. The van der Waals surface area contributed by atoms with Crippen LogP contribution < -0.4 is 25.6 Å². The molecule has 1 aliphatic rings. The highest BCUT2D eigenvalue weighted by molar-refractivity contribution is 6.32. The van der Waals surface area contributed by atoms with Crippen LogP contribution in [0.1, 0.15) is 12.8 Å². The summed E-state index contributed by atoms with van der Waals surface area (Å²) in [7, 11) is 2.90. The van der Waals surface area contributed by atoms with Crippen LogP contribution in [0.2, 0.25) is 5.02 Å². The number of hydrogen-bond donors (Lipinski definition) is 3. The first-order valence-corrected chi connectivity index (χ1v) is 7.15. The van der Waals surface area contributed by atoms with Crippen molar-refractivity contribution >= 4 is 35.0 Å². The van der Waals surface area contributed by atoms with Crippen molar-refractivity contribution in [1.29, 1.82) is 0 Å². The first kappa shape index (κ1) is 16.9. The van der Waals surface area contributed by atoms with E-state index in [2.05, 4.69) is 16.2 Å². The monoisotopic (exact) mass is 341 g/mol. The maximum absolute atomic E-state index is 12.0. The van der Waals surface area contributed by atoms with Gasteiger partial charge in [-0.3, -0.25) is 25.2 Å². The number of rotatable bonds is 6. The number of hydrogen-bond acceptors (Lipinski definition) is 5. The first-order valence-electron chi connectivity index (χ1n) is 6.77. The Bertz CT molecular complexity index is 634. The topological polar surface area (TPSA) is 106 Å². The van der Waals surface area contributed by atoms with Gasteiger partial charge in [0.05, 0.1) is 24.9 Å². The summed E-state index contributed by atoms with van der Waals surface area (Å²) >= 11 is 5.99. The molecule has 23 heavy (non-hydrogen) atoms. The van der Waals surface area contributed by atoms with Gasteiger partial charge in [-0.05, 0) is 6.42 Å². The number of halogens is 1. The molecule has 1 aliphatic heterocycles. The fourth-order valence-corrected chi connectivity index (χ4v) is 2.36. The number of nitrogens with one attached hydrogen (secondary N) is 3. The molecule has 9 heteroatoms. The molecule has 0 saturated carbocycles. The summed E-state index contributed by atoms with van der Waals surface area (Å²) in [6.07, 6.45) is 0.107. The molecule has 0 unspecified atom stereocenters. The molecule has 1 saturated heterocycles. The summed E-state index contributed by atoms with van der Waals surface area (Å²) < 4.78 is 10.2. The zero-order valence-corrected chi connectivity index (χ0v) is 13.3. The van der Waals surface area contributed by atoms with Gasteiger partial charge in [-0.1, -0.05) is 11.6 Å². The minimum absolute atomic E-state index is 0.000394. The second-order valence-electron chi connectivity index (χ2n) is 4.80. The van der Waals surface area contributed by atoms with E-state index in [0.29, 0.717) is 22.2 Å². The molecular weight excluding hydrogens is 326 g/mol. The van der Waals surface area contributed by atoms with E-state index in [1.54, 1.807) is 0 Å². The lowest BCUT2D eigenvalue weighted by Crippen LogP contribution is -2.28. The van der Waals surface area contributed by atoms with Crippen LogP contribution in [0.4, 0.5) is 5.69 Å². The number of ether oxygens (including phenoxy) is 2. The number of amides is 3. The summed E-state index contributed by atoms with van der Waals surface area (Å²) in [5.41, 5.74) is 4.81. The van der Waals surface area contributed by atoms with Crippen molar-refractivity contribution < 1.29 is 23.9 Å². The van der Waals surface area contributed by atoms with Crippen LogP contribution in [0.5, 0.6) is 11.5 Å². The van der Waals surface area contributed by atoms with Crippen molar-refractivity contribution in [2.75, 3.05) is 19.5 Å². The Morgan fingerprint density at radius 1 is 1.17 bits per heavy atom. The predicted octanol–water partition coefficient (Wildman–Crippen LogP) is 0.853. The molecule has 0 radical (unpaired) electrons. The Kier molecular flexibility index (Phi) is 5.28. The number of anilines is 1. The molecule has 0 aliphatic carbocycles. The van der Waals surface area contributed by atoms with Crippen molar-refractivity contribution in [2.24, 2.45) is 5.92 Å². The van der Waals surface area contributed by atoms with Crippen LogP contribution in [0.3, 0.4) is 0 Å². The second-order valence-corrected chi connectivity index (χ2v) is 5.21. The molecule has 8 nitrogen and oxygen atoms in total. The Hall–Kier alpha value is -2.48. The third-order valence-electron chi connectivity index (χ3n) is 3.35. The third kappa shape index (κ3) is 3.84. The quantitative estimate of drug-likeness (QED) is 0.665. The normalized spacial score (nSPS) is 14.2. The van der Waals surface area contributed by atoms with Gasteiger partial charge in [-0.15, -0.1) is 0 Å². The summed E-state index contributed by atoms with van der Waals surface area (Å²) in [5.74, 6) is -1.33. The van der Waals surface area contributed by atoms with Crippen LogP contribution >= 0.6 is 11.6 Å². The molecular formula is C14H16ClN3O5. The summed E-state index contributed by atoms with van der Waals surface area (Å²) in [4.78, 5) is 34.8. The molecule has 3 N–H and O–H groups in total. The molecule has 1 aromatic rings. The van der Waals surface area contributed by atoms with Gasteiger partial charge in [-0.2, -0.15) is 0 Å². The van der Waals surface area contributed by atoms with E-state index >= 15 is 0 Å². The van der Waals surface area contributed by atoms with Crippen LogP contribution in [-0.4, -0.2) is 31.9 Å². The molecule has 2 rings (SSSR count). The summed E-state index contributed by atoms with van der Waals surface area (Å²) in [6.45, 7) is 0. The lowest BCUT2D eigenvalue weighted by atomic mass is 10.0. The maximum Gasteiger partial charge on any atom is 0.251 e. The van der Waals surface area contributed by atoms with Crippen molar-refractivity contribution in [2.45, 2.75) is 12.8 Å². The zero-order chi connectivity index (χ0) is 17.0. The van der Waals surface area contributed by atoms with Gasteiger partial charge in [0.1, 0.15) is 17.4 Å². The molecule has 1 fully saturated rings. The van der Waals surface area contributed by atoms with Gasteiger partial charge < -0.3 is 14.8 Å². The number of carbonyl (C=O) groups is 3. The largest absolute Gasteiger partial charge is 0.495 e. The van der Waals surface area contributed by atoms with Gasteiger partial charge in [0.2, 0.25) is 5.91 Å². The van der Waals surface area contributed by atoms with Crippen LogP contribution in [0.15, 0.2) is 12.1 Å². The molecule has 1 heterocycles. The van der Waals surface area contributed by atoms with Crippen molar-refractivity contribution in [3.63, 3.8) is 0 Å². The van der Waals surface area contributed by atoms with E-state index in [4.69, 9.17) is 21.1 Å². The predicted molar refractivity (Wildman–Crippen MR) is 82.2 cm³/mol. The Labute approximate surface area is 137 Å². The second kappa shape index (κ2) is 7.19. The van der Waals surface area contributed by atoms with Crippen molar-refractivity contribution in [1.82, 2.24) is 10.9 Å². The average Bonchev–Trinajstić information content (AvgIpc) is 2.85. The van der Waals surface area contributed by atoms with E-state index in [9.17, 15) is 14.4 Å². The molecule has 0 spiro atoms. The number of carbonyl (C=O) groups excluding carboxylic acids is 3. The van der Waals surface area contributed by atoms with E-state index in [-0.39, 0.29) is 18.7 Å². The fraction of sp³-hybridized carbons (Fsp3) is 0.357. The first-order chi connectivity index (χ1) is 11.0. The zero-order valence-electron chi connectivity index (χ0n) is 12.6. The number of hydrazine groups is 1. The molecule has 1 aromatic carbocycles. The smallest absolute Gasteiger partial charge is 0.251 e. The molecule has 3 amide bonds. The Morgan fingerprint density at radius 2 is 1.78 bits per heavy atom. The summed E-state index contributed by atoms with van der Waals surface area (Å²) in [6, 6.07) is 3.06. The summed E-state index contributed by atoms with van der Waals surface area (Å²) in [5, 5.41) is 3.00. The van der Waals surface area contributed by atoms with Gasteiger partial charge in [0.25, 0.3) is 11.8 Å². The van der Waals surface area contributed by atoms with E-state index in [0.717, 1.165) is 0 Å². The van der Waals surface area contributed by atoms with Crippen molar-refractivity contribution in [3.8, 4) is 11.5 Å². The minimum atomic E-state index is -0.859. The van der Waals surface area contributed by atoms with Gasteiger partial charge in [-0.25, -0.2) is 0 Å². The van der Waals surface area contributed by atoms with Crippen LogP contribution in [-0.2, 0) is 14.4 Å². The highest BCUT2D eigenvalue weighted by Crippen LogP contribution is 2.35. The van der Waals surface area contributed by atoms with Crippen LogP contribution in [0.25, 0.3) is 0 Å². The average molecular weight is 342 g/mol. The lowest BCUT2D eigenvalue weighted by molar-refractivity contribution is -0.128. The van der Waals surface area contributed by atoms with Gasteiger partial charge >= 0.3 is 0 Å². The van der Waals surface area contributed by atoms with Gasteiger partial charge in [0, 0.05) is 18.6 Å². The third-order valence-corrected chi connectivity index (χ3v) is 3.65. The van der Waals surface area contributed by atoms with Crippen molar-refractivity contribution in [3.05, 3.63) is 17.2 Å². The SMILES string of the molecule is COc1cc(NC(=O)CCC2C(=O)NNC2=O)c(OC)cc1Cl. The van der Waals surface area contributed by atoms with E-state index in [1.807, 2.05) is 0 Å². The molecule has 0 bridgehead atoms. The van der Waals surface area contributed by atoms with E-state index in [1.165, 1.54) is 26.4 Å². The van der Waals surface area contributed by atoms with Gasteiger partial charge in [0.15, 0.2) is 0 Å². The Morgan fingerprint density at radius 3 is 2.35 bits per heavy atom. The van der Waals surface area contributed by atoms with Crippen LogP contribution in [0, 0.1) is 5.92 Å². The maximum atomic E-state index is 12.0. The van der Waals surface area contributed by atoms with E-state index < -0.39 is 17.7 Å². The Balaban J connectivity index is 2.02. The highest BCUT2D eigenvalue weighted by Gasteiger charge is 2.32.